The van der Waals surface area contributed by atoms with Gasteiger partial charge in [-0.2, -0.15) is 0 Å². The second-order valence-corrected chi connectivity index (χ2v) is 6.37. The van der Waals surface area contributed by atoms with Crippen molar-refractivity contribution >= 4 is 17.0 Å². The van der Waals surface area contributed by atoms with E-state index in [-0.39, 0.29) is 5.90 Å². The van der Waals surface area contributed by atoms with Crippen molar-refractivity contribution in [2.45, 2.75) is 9.79 Å². The molecule has 0 amide bonds. The molecule has 0 aliphatic rings. The number of hydrogen-bond donors (Lipinski definition) is 0. The fraction of sp³-hybridized carbons (Fsp3) is 0. The predicted molar refractivity (Wildman–Crippen MR) is 89.8 cm³/mol. The summed E-state index contributed by atoms with van der Waals surface area (Å²) in [4.78, 5) is 2.08. The molecule has 3 aromatic carbocycles. The van der Waals surface area contributed by atoms with Crippen LogP contribution in [-0.2, 0) is 11.1 Å². The van der Waals surface area contributed by atoms with Gasteiger partial charge in [0.05, 0.1) is 0 Å². The van der Waals surface area contributed by atoms with Gasteiger partial charge in [0, 0.05) is 5.90 Å². The first-order valence-electron chi connectivity index (χ1n) is 7.00. The van der Waals surface area contributed by atoms with E-state index >= 15 is 0 Å². The van der Waals surface area contributed by atoms with Crippen LogP contribution in [0.1, 0.15) is 5.56 Å². The molecule has 0 radical (unpaired) electrons. The monoisotopic (exact) mass is 305 g/mol. The lowest BCUT2D eigenvalue weighted by Gasteiger charge is -2.09. The zero-order valence-electron chi connectivity index (χ0n) is 11.9. The van der Waals surface area contributed by atoms with E-state index in [2.05, 4.69) is 4.40 Å². The Morgan fingerprint density at radius 3 is 1.50 bits per heavy atom. The predicted octanol–water partition coefficient (Wildman–Crippen LogP) is 3.45. The second kappa shape index (κ2) is 6.96. The third kappa shape index (κ3) is 3.38. The largest absolute Gasteiger partial charge is 0.855 e. The van der Waals surface area contributed by atoms with E-state index in [1.54, 1.807) is 12.1 Å². The number of nitrogens with zero attached hydrogens (tertiary/aromatic N) is 1. The Bertz CT molecular complexity index is 703. The van der Waals surface area contributed by atoms with Crippen LogP contribution < -0.4 is 5.11 Å². The average Bonchev–Trinajstić information content (AvgIpc) is 2.62. The van der Waals surface area contributed by atoms with Crippen LogP contribution in [0.25, 0.3) is 0 Å². The molecule has 0 heterocycles. The van der Waals surface area contributed by atoms with Crippen LogP contribution in [0.15, 0.2) is 105 Å². The van der Waals surface area contributed by atoms with Gasteiger partial charge in [-0.3, -0.25) is 0 Å². The fourth-order valence-electron chi connectivity index (χ4n) is 2.06. The van der Waals surface area contributed by atoms with Gasteiger partial charge in [0.2, 0.25) is 11.1 Å². The lowest BCUT2D eigenvalue weighted by Crippen LogP contribution is -2.21. The Morgan fingerprint density at radius 1 is 0.636 bits per heavy atom. The molecule has 0 N–H and O–H groups in total. The van der Waals surface area contributed by atoms with Crippen molar-refractivity contribution in [1.29, 1.82) is 0 Å². The minimum absolute atomic E-state index is 0.184. The van der Waals surface area contributed by atoms with E-state index in [1.165, 1.54) is 0 Å². The van der Waals surface area contributed by atoms with Gasteiger partial charge in [0.1, 0.15) is 0 Å². The van der Waals surface area contributed by atoms with Crippen molar-refractivity contribution in [3.05, 3.63) is 96.6 Å². The van der Waals surface area contributed by atoms with Crippen molar-refractivity contribution < 1.29 is 5.11 Å². The SMILES string of the molecule is [O-]/C(=N\[S+](c1ccccc1)c1ccccc1)c1ccccc1. The second-order valence-electron chi connectivity index (χ2n) is 4.67. The van der Waals surface area contributed by atoms with Crippen LogP contribution in [-0.4, -0.2) is 5.90 Å². The van der Waals surface area contributed by atoms with Crippen molar-refractivity contribution in [1.82, 2.24) is 0 Å². The highest BCUT2D eigenvalue weighted by Crippen LogP contribution is 2.24. The summed E-state index contributed by atoms with van der Waals surface area (Å²) < 4.78 is 4.48. The normalized spacial score (nSPS) is 11.6. The molecule has 3 rings (SSSR count). The van der Waals surface area contributed by atoms with Crippen molar-refractivity contribution in [3.63, 3.8) is 0 Å². The Morgan fingerprint density at radius 2 is 1.05 bits per heavy atom. The van der Waals surface area contributed by atoms with Crippen LogP contribution in [0.4, 0.5) is 0 Å². The first-order valence-corrected chi connectivity index (χ1v) is 8.18. The van der Waals surface area contributed by atoms with E-state index in [1.807, 2.05) is 78.9 Å². The molecule has 2 nitrogen and oxygen atoms in total. The van der Waals surface area contributed by atoms with E-state index in [0.717, 1.165) is 9.79 Å². The van der Waals surface area contributed by atoms with E-state index in [9.17, 15) is 5.11 Å². The van der Waals surface area contributed by atoms with E-state index in [0.29, 0.717) is 5.56 Å². The number of benzene rings is 3. The van der Waals surface area contributed by atoms with Gasteiger partial charge in [0.15, 0.2) is 9.79 Å². The summed E-state index contributed by atoms with van der Waals surface area (Å²) in [5.41, 5.74) is 0.617. The molecule has 3 heteroatoms. The maximum Gasteiger partial charge on any atom is 0.202 e. The molecule has 0 bridgehead atoms. The van der Waals surface area contributed by atoms with Gasteiger partial charge in [-0.1, -0.05) is 71.1 Å². The molecule has 0 spiro atoms. The van der Waals surface area contributed by atoms with E-state index in [4.69, 9.17) is 0 Å². The molecule has 0 aliphatic heterocycles. The highest BCUT2D eigenvalue weighted by molar-refractivity contribution is 7.95. The molecule has 0 aromatic heterocycles. The maximum atomic E-state index is 12.4. The molecule has 0 saturated heterocycles. The fourth-order valence-corrected chi connectivity index (χ4v) is 3.64. The minimum Gasteiger partial charge on any atom is -0.855 e. The first-order chi connectivity index (χ1) is 10.8. The molecule has 0 fully saturated rings. The minimum atomic E-state index is -0.606. The molecular formula is C19H15NOS. The number of rotatable bonds is 4. The highest BCUT2D eigenvalue weighted by Gasteiger charge is 2.25. The third-order valence-corrected chi connectivity index (χ3v) is 4.91. The van der Waals surface area contributed by atoms with Crippen LogP contribution in [0, 0.1) is 0 Å². The lowest BCUT2D eigenvalue weighted by molar-refractivity contribution is -0.212. The molecule has 0 aliphatic carbocycles. The summed E-state index contributed by atoms with van der Waals surface area (Å²) in [6.07, 6.45) is 0. The summed E-state index contributed by atoms with van der Waals surface area (Å²) in [6, 6.07) is 29.1. The topological polar surface area (TPSA) is 35.4 Å². The average molecular weight is 305 g/mol. The molecule has 0 atom stereocenters. The Labute approximate surface area is 133 Å². The van der Waals surface area contributed by atoms with Gasteiger partial charge < -0.3 is 5.11 Å². The molecule has 108 valence electrons. The lowest BCUT2D eigenvalue weighted by atomic mass is 10.2. The van der Waals surface area contributed by atoms with Crippen molar-refractivity contribution in [2.75, 3.05) is 0 Å². The quantitative estimate of drug-likeness (QED) is 0.413. The zero-order valence-corrected chi connectivity index (χ0v) is 12.7. The van der Waals surface area contributed by atoms with Crippen molar-refractivity contribution in [3.8, 4) is 0 Å². The molecular weight excluding hydrogens is 290 g/mol. The smallest absolute Gasteiger partial charge is 0.202 e. The standard InChI is InChI=1S/C19H15NOS/c21-19(16-10-4-1-5-11-16)20-22(17-12-6-2-7-13-17)18-14-8-3-9-15-18/h1-15H. The summed E-state index contributed by atoms with van der Waals surface area (Å²) >= 11 is -0.606. The summed E-state index contributed by atoms with van der Waals surface area (Å²) in [5.74, 6) is -0.184. The number of hydrogen-bond acceptors (Lipinski definition) is 2. The van der Waals surface area contributed by atoms with E-state index < -0.39 is 11.1 Å². The van der Waals surface area contributed by atoms with Gasteiger partial charge >= 0.3 is 0 Å². The Balaban J connectivity index is 2.03. The Hall–Kier alpha value is -2.52. The third-order valence-electron chi connectivity index (χ3n) is 3.13. The Kier molecular flexibility index (Phi) is 4.56. The molecule has 0 unspecified atom stereocenters. The summed E-state index contributed by atoms with van der Waals surface area (Å²) in [5, 5.41) is 12.4. The molecule has 0 saturated carbocycles. The first kappa shape index (κ1) is 14.4. The van der Waals surface area contributed by atoms with Crippen LogP contribution in [0.3, 0.4) is 0 Å². The highest BCUT2D eigenvalue weighted by atomic mass is 32.2. The zero-order chi connectivity index (χ0) is 15.2. The molecule has 3 aromatic rings. The van der Waals surface area contributed by atoms with Gasteiger partial charge in [-0.25, -0.2) is 0 Å². The molecule has 22 heavy (non-hydrogen) atoms. The van der Waals surface area contributed by atoms with Crippen LogP contribution >= 0.6 is 0 Å². The van der Waals surface area contributed by atoms with Gasteiger partial charge in [-0.05, 0) is 29.8 Å². The summed E-state index contributed by atoms with van der Waals surface area (Å²) in [7, 11) is 0. The maximum absolute atomic E-state index is 12.4. The van der Waals surface area contributed by atoms with Crippen LogP contribution in [0.5, 0.6) is 0 Å². The van der Waals surface area contributed by atoms with Gasteiger partial charge in [0.25, 0.3) is 0 Å². The van der Waals surface area contributed by atoms with Gasteiger partial charge in [-0.15, -0.1) is 0 Å². The van der Waals surface area contributed by atoms with Crippen molar-refractivity contribution in [2.24, 2.45) is 4.40 Å². The summed E-state index contributed by atoms with van der Waals surface area (Å²) in [6.45, 7) is 0. The van der Waals surface area contributed by atoms with Crippen LogP contribution in [0.2, 0.25) is 0 Å².